The van der Waals surface area contributed by atoms with Gasteiger partial charge in [0, 0.05) is 31.4 Å². The third-order valence-corrected chi connectivity index (χ3v) is 4.86. The molecule has 1 fully saturated rings. The van der Waals surface area contributed by atoms with Gasteiger partial charge in [-0.3, -0.25) is 19.7 Å². The van der Waals surface area contributed by atoms with Crippen molar-refractivity contribution in [3.05, 3.63) is 75.3 Å². The van der Waals surface area contributed by atoms with Gasteiger partial charge in [-0.2, -0.15) is 0 Å². The molecule has 1 aliphatic heterocycles. The number of aliphatic hydroxyl groups is 1. The zero-order valence-corrected chi connectivity index (χ0v) is 16.4. The van der Waals surface area contributed by atoms with E-state index in [-0.39, 0.29) is 30.2 Å². The molecule has 0 aliphatic carbocycles. The number of nitrogens with zero attached hydrogens (tertiary/aromatic N) is 2. The second-order valence-electron chi connectivity index (χ2n) is 6.56. The number of ether oxygens (including phenoxy) is 2. The Labute approximate surface area is 172 Å². The molecule has 9 heteroatoms. The van der Waals surface area contributed by atoms with Crippen LogP contribution in [0.15, 0.2) is 54.1 Å². The Balaban J connectivity index is 2.12. The molecular formula is C21H20N2O7. The van der Waals surface area contributed by atoms with Crippen LogP contribution in [0.2, 0.25) is 0 Å². The molecule has 1 saturated heterocycles. The number of hydrogen-bond donors (Lipinski definition) is 1. The van der Waals surface area contributed by atoms with Gasteiger partial charge >= 0.3 is 0 Å². The lowest BCUT2D eigenvalue weighted by Gasteiger charge is -2.25. The van der Waals surface area contributed by atoms with Crippen molar-refractivity contribution in [3.63, 3.8) is 0 Å². The molecule has 30 heavy (non-hydrogen) atoms. The van der Waals surface area contributed by atoms with Gasteiger partial charge in [0.1, 0.15) is 11.5 Å². The number of rotatable bonds is 7. The maximum absolute atomic E-state index is 12.8. The minimum Gasteiger partial charge on any atom is -0.507 e. The average molecular weight is 412 g/mol. The van der Waals surface area contributed by atoms with Gasteiger partial charge < -0.3 is 19.5 Å². The number of likely N-dealkylation sites (tertiary alicyclic amines) is 1. The van der Waals surface area contributed by atoms with Crippen molar-refractivity contribution in [2.45, 2.75) is 6.04 Å². The molecule has 0 radical (unpaired) electrons. The number of hydrogen-bond acceptors (Lipinski definition) is 7. The zero-order chi connectivity index (χ0) is 21.8. The van der Waals surface area contributed by atoms with Crippen LogP contribution in [0.3, 0.4) is 0 Å². The molecule has 0 spiro atoms. The first-order valence-electron chi connectivity index (χ1n) is 9.05. The summed E-state index contributed by atoms with van der Waals surface area (Å²) in [5.74, 6) is -1.37. The van der Waals surface area contributed by atoms with Gasteiger partial charge in [0.15, 0.2) is 0 Å². The van der Waals surface area contributed by atoms with E-state index in [0.717, 1.165) is 0 Å². The summed E-state index contributed by atoms with van der Waals surface area (Å²) >= 11 is 0. The molecule has 1 atom stereocenters. The highest BCUT2D eigenvalue weighted by Gasteiger charge is 2.45. The minimum atomic E-state index is -0.900. The largest absolute Gasteiger partial charge is 0.507 e. The fraction of sp³-hybridized carbons (Fsp3) is 0.238. The van der Waals surface area contributed by atoms with Crippen LogP contribution in [0.1, 0.15) is 17.2 Å². The Morgan fingerprint density at radius 3 is 2.27 bits per heavy atom. The van der Waals surface area contributed by atoms with Crippen molar-refractivity contribution < 1.29 is 29.1 Å². The standard InChI is InChI=1S/C21H20N2O7/c1-29-12-11-22-18(13-3-7-15(8-4-13)23(27)28)17(20(25)21(22)26)19(24)14-5-9-16(30-2)10-6-14/h3-10,18,24H,11-12H2,1-2H3/b19-17+. The van der Waals surface area contributed by atoms with Crippen LogP contribution in [0.5, 0.6) is 5.75 Å². The van der Waals surface area contributed by atoms with Gasteiger partial charge in [0.25, 0.3) is 17.4 Å². The number of nitro groups is 1. The SMILES string of the molecule is COCCN1C(=O)C(=O)/C(=C(/O)c2ccc(OC)cc2)C1c1ccc([N+](=O)[O-])cc1. The van der Waals surface area contributed by atoms with E-state index in [1.165, 1.54) is 43.4 Å². The van der Waals surface area contributed by atoms with E-state index >= 15 is 0 Å². The number of carbonyl (C=O) groups excluding carboxylic acids is 2. The fourth-order valence-electron chi connectivity index (χ4n) is 3.33. The van der Waals surface area contributed by atoms with E-state index in [2.05, 4.69) is 0 Å². The van der Waals surface area contributed by atoms with Crippen LogP contribution in [-0.4, -0.2) is 54.0 Å². The summed E-state index contributed by atoms with van der Waals surface area (Å²) in [7, 11) is 2.97. The number of non-ortho nitro benzene ring substituents is 1. The lowest BCUT2D eigenvalue weighted by molar-refractivity contribution is -0.384. The Hall–Kier alpha value is -3.72. The molecule has 2 aromatic carbocycles. The molecule has 0 aromatic heterocycles. The third-order valence-electron chi connectivity index (χ3n) is 4.86. The smallest absolute Gasteiger partial charge is 0.295 e. The Kier molecular flexibility index (Phi) is 6.12. The van der Waals surface area contributed by atoms with Crippen molar-refractivity contribution in [3.8, 4) is 5.75 Å². The Morgan fingerprint density at radius 2 is 1.73 bits per heavy atom. The van der Waals surface area contributed by atoms with Crippen molar-refractivity contribution in [2.75, 3.05) is 27.4 Å². The van der Waals surface area contributed by atoms with Gasteiger partial charge in [0.2, 0.25) is 0 Å². The van der Waals surface area contributed by atoms with Crippen LogP contribution >= 0.6 is 0 Å². The predicted octanol–water partition coefficient (Wildman–Crippen LogP) is 2.67. The molecule has 1 unspecified atom stereocenters. The van der Waals surface area contributed by atoms with Crippen LogP contribution < -0.4 is 4.74 Å². The summed E-state index contributed by atoms with van der Waals surface area (Å²) in [6, 6.07) is 11.0. The lowest BCUT2D eigenvalue weighted by atomic mass is 9.95. The molecule has 1 aliphatic rings. The zero-order valence-electron chi connectivity index (χ0n) is 16.4. The highest BCUT2D eigenvalue weighted by Crippen LogP contribution is 2.39. The summed E-state index contributed by atoms with van der Waals surface area (Å²) in [5, 5.41) is 21.9. The molecular weight excluding hydrogens is 392 g/mol. The number of carbonyl (C=O) groups is 2. The molecule has 1 heterocycles. The summed E-state index contributed by atoms with van der Waals surface area (Å²) < 4.78 is 10.1. The van der Waals surface area contributed by atoms with Crippen molar-refractivity contribution in [2.24, 2.45) is 0 Å². The van der Waals surface area contributed by atoms with E-state index in [4.69, 9.17) is 9.47 Å². The minimum absolute atomic E-state index is 0.0878. The van der Waals surface area contributed by atoms with Crippen LogP contribution in [0.4, 0.5) is 5.69 Å². The number of methoxy groups -OCH3 is 2. The number of benzene rings is 2. The first-order valence-corrected chi connectivity index (χ1v) is 9.05. The fourth-order valence-corrected chi connectivity index (χ4v) is 3.33. The number of nitro benzene ring substituents is 1. The van der Waals surface area contributed by atoms with Gasteiger partial charge in [-0.15, -0.1) is 0 Å². The number of aliphatic hydroxyl groups excluding tert-OH is 1. The molecule has 156 valence electrons. The molecule has 3 rings (SSSR count). The summed E-state index contributed by atoms with van der Waals surface area (Å²) in [6.07, 6.45) is 0. The summed E-state index contributed by atoms with van der Waals surface area (Å²) in [6.45, 7) is 0.293. The van der Waals surface area contributed by atoms with Gasteiger partial charge in [-0.25, -0.2) is 0 Å². The molecule has 2 aromatic rings. The average Bonchev–Trinajstić information content (AvgIpc) is 3.02. The van der Waals surface area contributed by atoms with Gasteiger partial charge in [-0.1, -0.05) is 0 Å². The normalized spacial score (nSPS) is 17.9. The molecule has 1 N–H and O–H groups in total. The molecule has 0 bridgehead atoms. The first-order chi connectivity index (χ1) is 14.4. The number of Topliss-reactive ketones (excluding diaryl/α,β-unsaturated/α-hetero) is 1. The van der Waals surface area contributed by atoms with Gasteiger partial charge in [-0.05, 0) is 42.0 Å². The highest BCUT2D eigenvalue weighted by molar-refractivity contribution is 6.46. The quantitative estimate of drug-likeness (QED) is 0.244. The molecule has 9 nitrogen and oxygen atoms in total. The van der Waals surface area contributed by atoms with E-state index < -0.39 is 22.7 Å². The van der Waals surface area contributed by atoms with Crippen LogP contribution in [-0.2, 0) is 14.3 Å². The van der Waals surface area contributed by atoms with E-state index in [9.17, 15) is 24.8 Å². The monoisotopic (exact) mass is 412 g/mol. The molecule has 0 saturated carbocycles. The highest BCUT2D eigenvalue weighted by atomic mass is 16.6. The lowest BCUT2D eigenvalue weighted by Crippen LogP contribution is -2.32. The maximum atomic E-state index is 12.8. The topological polar surface area (TPSA) is 119 Å². The van der Waals surface area contributed by atoms with Gasteiger partial charge in [0.05, 0.1) is 30.3 Å². The maximum Gasteiger partial charge on any atom is 0.295 e. The van der Waals surface area contributed by atoms with Crippen LogP contribution in [0, 0.1) is 10.1 Å². The van der Waals surface area contributed by atoms with Crippen molar-refractivity contribution >= 4 is 23.1 Å². The second-order valence-corrected chi connectivity index (χ2v) is 6.56. The Bertz CT molecular complexity index is 997. The number of amides is 1. The predicted molar refractivity (Wildman–Crippen MR) is 107 cm³/mol. The first kappa shape index (κ1) is 21.0. The van der Waals surface area contributed by atoms with Crippen LogP contribution in [0.25, 0.3) is 5.76 Å². The molecule has 1 amide bonds. The Morgan fingerprint density at radius 1 is 1.10 bits per heavy atom. The summed E-state index contributed by atoms with van der Waals surface area (Å²) in [5.41, 5.74) is 0.594. The number of ketones is 1. The summed E-state index contributed by atoms with van der Waals surface area (Å²) in [4.78, 5) is 37.2. The van der Waals surface area contributed by atoms with E-state index in [1.54, 1.807) is 24.3 Å². The van der Waals surface area contributed by atoms with Crippen molar-refractivity contribution in [1.29, 1.82) is 0 Å². The second kappa shape index (κ2) is 8.75. The van der Waals surface area contributed by atoms with E-state index in [1.807, 2.05) is 0 Å². The van der Waals surface area contributed by atoms with E-state index in [0.29, 0.717) is 16.9 Å². The van der Waals surface area contributed by atoms with Crippen molar-refractivity contribution in [1.82, 2.24) is 4.90 Å². The third kappa shape index (κ3) is 3.87.